The van der Waals surface area contributed by atoms with Crippen LogP contribution in [0.3, 0.4) is 0 Å². The van der Waals surface area contributed by atoms with Gasteiger partial charge in [-0.3, -0.25) is 0 Å². The van der Waals surface area contributed by atoms with Crippen LogP contribution in [0.2, 0.25) is 0 Å². The van der Waals surface area contributed by atoms with E-state index in [1.807, 2.05) is 19.9 Å². The van der Waals surface area contributed by atoms with E-state index in [1.54, 1.807) is 6.20 Å². The monoisotopic (exact) mass is 221 g/mol. The summed E-state index contributed by atoms with van der Waals surface area (Å²) < 4.78 is 11.5. The molecule has 0 saturated heterocycles. The number of hydrogen-bond acceptors (Lipinski definition) is 3. The molecule has 2 rings (SSSR count). The molecule has 0 aliphatic heterocycles. The van der Waals surface area contributed by atoms with Crippen LogP contribution >= 0.6 is 0 Å². The lowest BCUT2D eigenvalue weighted by Gasteiger charge is -2.15. The molecule has 3 nitrogen and oxygen atoms in total. The molecular formula is C13H19NO2. The first-order chi connectivity index (χ1) is 7.70. The molecule has 0 N–H and O–H groups in total. The largest absolute Gasteiger partial charge is 0.490 e. The summed E-state index contributed by atoms with van der Waals surface area (Å²) in [5.74, 6) is 1.66. The molecule has 0 spiro atoms. The summed E-state index contributed by atoms with van der Waals surface area (Å²) >= 11 is 0. The fourth-order valence-electron chi connectivity index (χ4n) is 1.58. The average Bonchev–Trinajstić information content (AvgIpc) is 3.01. The van der Waals surface area contributed by atoms with Crippen LogP contribution in [-0.2, 0) is 6.42 Å². The van der Waals surface area contributed by atoms with Crippen LogP contribution in [0.4, 0.5) is 0 Å². The van der Waals surface area contributed by atoms with Gasteiger partial charge in [-0.15, -0.1) is 0 Å². The number of hydrogen-bond donors (Lipinski definition) is 0. The highest BCUT2D eigenvalue weighted by Crippen LogP contribution is 2.33. The highest BCUT2D eigenvalue weighted by molar-refractivity contribution is 5.40. The normalized spacial score (nSPS) is 15.2. The van der Waals surface area contributed by atoms with E-state index in [0.29, 0.717) is 6.10 Å². The van der Waals surface area contributed by atoms with E-state index >= 15 is 0 Å². The second kappa shape index (κ2) is 4.73. The van der Waals surface area contributed by atoms with Gasteiger partial charge in [0.1, 0.15) is 5.75 Å². The zero-order valence-electron chi connectivity index (χ0n) is 10.2. The summed E-state index contributed by atoms with van der Waals surface area (Å²) in [4.78, 5) is 4.28. The Kier molecular flexibility index (Phi) is 3.32. The minimum absolute atomic E-state index is 0.147. The van der Waals surface area contributed by atoms with Crippen molar-refractivity contribution in [3.8, 4) is 11.6 Å². The van der Waals surface area contributed by atoms with Crippen molar-refractivity contribution >= 4 is 0 Å². The molecule has 0 radical (unpaired) electrons. The van der Waals surface area contributed by atoms with Gasteiger partial charge < -0.3 is 9.47 Å². The minimum Gasteiger partial charge on any atom is -0.490 e. The summed E-state index contributed by atoms with van der Waals surface area (Å²) in [5, 5.41) is 0. The first kappa shape index (κ1) is 11.2. The molecule has 88 valence electrons. The maximum Gasteiger partial charge on any atom is 0.220 e. The minimum atomic E-state index is 0.147. The van der Waals surface area contributed by atoms with E-state index in [2.05, 4.69) is 11.9 Å². The van der Waals surface area contributed by atoms with Gasteiger partial charge >= 0.3 is 0 Å². The van der Waals surface area contributed by atoms with Crippen molar-refractivity contribution in [2.45, 2.75) is 52.2 Å². The number of pyridine rings is 1. The van der Waals surface area contributed by atoms with Gasteiger partial charge in [0.15, 0.2) is 0 Å². The van der Waals surface area contributed by atoms with Gasteiger partial charge in [-0.1, -0.05) is 6.92 Å². The Morgan fingerprint density at radius 3 is 2.75 bits per heavy atom. The maximum absolute atomic E-state index is 5.85. The molecule has 1 aromatic heterocycles. The summed E-state index contributed by atoms with van der Waals surface area (Å²) in [6.45, 7) is 6.12. The predicted molar refractivity (Wildman–Crippen MR) is 63.0 cm³/mol. The number of aromatic nitrogens is 1. The molecule has 0 amide bonds. The molecule has 1 fully saturated rings. The van der Waals surface area contributed by atoms with Crippen LogP contribution in [0.5, 0.6) is 11.6 Å². The smallest absolute Gasteiger partial charge is 0.220 e. The van der Waals surface area contributed by atoms with Crippen LogP contribution < -0.4 is 9.47 Å². The third-order valence-corrected chi connectivity index (χ3v) is 2.49. The van der Waals surface area contributed by atoms with E-state index in [9.17, 15) is 0 Å². The van der Waals surface area contributed by atoms with E-state index in [1.165, 1.54) is 12.8 Å². The summed E-state index contributed by atoms with van der Waals surface area (Å²) in [6.07, 6.45) is 5.55. The van der Waals surface area contributed by atoms with Gasteiger partial charge in [0.05, 0.1) is 17.8 Å². The van der Waals surface area contributed by atoms with Gasteiger partial charge in [0.2, 0.25) is 5.88 Å². The van der Waals surface area contributed by atoms with Crippen molar-refractivity contribution in [2.75, 3.05) is 0 Å². The Morgan fingerprint density at radius 2 is 2.19 bits per heavy atom. The molecule has 1 aliphatic carbocycles. The van der Waals surface area contributed by atoms with E-state index in [4.69, 9.17) is 9.47 Å². The van der Waals surface area contributed by atoms with Crippen molar-refractivity contribution in [1.82, 2.24) is 4.98 Å². The molecule has 0 unspecified atom stereocenters. The van der Waals surface area contributed by atoms with Gasteiger partial charge in [-0.2, -0.15) is 0 Å². The van der Waals surface area contributed by atoms with Gasteiger partial charge in [-0.25, -0.2) is 4.98 Å². The predicted octanol–water partition coefficient (Wildman–Crippen LogP) is 2.97. The molecule has 0 aromatic carbocycles. The standard InChI is InChI=1S/C13H19NO2/c1-4-11-12(16-10-5-6-10)7-8-14-13(11)15-9(2)3/h7-10H,4-6H2,1-3H3. The van der Waals surface area contributed by atoms with Crippen LogP contribution in [0.1, 0.15) is 39.2 Å². The quantitative estimate of drug-likeness (QED) is 0.766. The van der Waals surface area contributed by atoms with Gasteiger partial charge in [0, 0.05) is 6.20 Å². The SMILES string of the molecule is CCc1c(OC2CC2)ccnc1OC(C)C. The molecule has 0 bridgehead atoms. The van der Waals surface area contributed by atoms with Crippen LogP contribution in [0, 0.1) is 0 Å². The van der Waals surface area contributed by atoms with Crippen LogP contribution in [-0.4, -0.2) is 17.2 Å². The molecule has 3 heteroatoms. The molecule has 1 aliphatic rings. The topological polar surface area (TPSA) is 31.4 Å². The van der Waals surface area contributed by atoms with E-state index < -0.39 is 0 Å². The fourth-order valence-corrected chi connectivity index (χ4v) is 1.58. The van der Waals surface area contributed by atoms with Crippen molar-refractivity contribution < 1.29 is 9.47 Å². The lowest BCUT2D eigenvalue weighted by molar-refractivity contribution is 0.226. The summed E-state index contributed by atoms with van der Waals surface area (Å²) in [7, 11) is 0. The molecule has 16 heavy (non-hydrogen) atoms. The Balaban J connectivity index is 2.21. The van der Waals surface area contributed by atoms with E-state index in [-0.39, 0.29) is 6.10 Å². The molecular weight excluding hydrogens is 202 g/mol. The zero-order chi connectivity index (χ0) is 11.5. The Morgan fingerprint density at radius 1 is 1.44 bits per heavy atom. The maximum atomic E-state index is 5.85. The third kappa shape index (κ3) is 2.65. The molecule has 1 saturated carbocycles. The van der Waals surface area contributed by atoms with Crippen LogP contribution in [0.15, 0.2) is 12.3 Å². The van der Waals surface area contributed by atoms with Crippen molar-refractivity contribution in [3.05, 3.63) is 17.8 Å². The second-order valence-electron chi connectivity index (χ2n) is 4.43. The molecule has 1 heterocycles. The van der Waals surface area contributed by atoms with Crippen molar-refractivity contribution in [1.29, 1.82) is 0 Å². The Hall–Kier alpha value is -1.25. The second-order valence-corrected chi connectivity index (χ2v) is 4.43. The molecule has 0 atom stereocenters. The fraction of sp³-hybridized carbons (Fsp3) is 0.615. The van der Waals surface area contributed by atoms with E-state index in [0.717, 1.165) is 23.6 Å². The number of rotatable bonds is 5. The van der Waals surface area contributed by atoms with Gasteiger partial charge in [0.25, 0.3) is 0 Å². The van der Waals surface area contributed by atoms with Gasteiger partial charge in [-0.05, 0) is 39.2 Å². The lowest BCUT2D eigenvalue weighted by Crippen LogP contribution is -2.10. The van der Waals surface area contributed by atoms with Crippen LogP contribution in [0.25, 0.3) is 0 Å². The number of nitrogens with zero attached hydrogens (tertiary/aromatic N) is 1. The van der Waals surface area contributed by atoms with Crippen molar-refractivity contribution in [2.24, 2.45) is 0 Å². The summed E-state index contributed by atoms with van der Waals surface area (Å²) in [5.41, 5.74) is 1.09. The third-order valence-electron chi connectivity index (χ3n) is 2.49. The average molecular weight is 221 g/mol. The Labute approximate surface area is 96.8 Å². The zero-order valence-corrected chi connectivity index (χ0v) is 10.2. The first-order valence-corrected chi connectivity index (χ1v) is 6.02. The van der Waals surface area contributed by atoms with Crippen molar-refractivity contribution in [3.63, 3.8) is 0 Å². The summed E-state index contributed by atoms with van der Waals surface area (Å²) in [6, 6.07) is 1.93. The lowest BCUT2D eigenvalue weighted by atomic mass is 10.2. The highest BCUT2D eigenvalue weighted by Gasteiger charge is 2.25. The highest BCUT2D eigenvalue weighted by atomic mass is 16.5. The number of ether oxygens (including phenoxy) is 2. The first-order valence-electron chi connectivity index (χ1n) is 6.02. The Bertz CT molecular complexity index is 337. The molecule has 1 aromatic rings.